The van der Waals surface area contributed by atoms with Crippen LogP contribution in [0.5, 0.6) is 0 Å². The molecule has 5 aromatic rings. The molecule has 6 rings (SSSR count). The first-order chi connectivity index (χ1) is 17.8. The summed E-state index contributed by atoms with van der Waals surface area (Å²) in [6, 6.07) is 45.9. The molecule has 0 bridgehead atoms. The van der Waals surface area contributed by atoms with E-state index in [9.17, 15) is 0 Å². The molecule has 0 unspecified atom stereocenters. The van der Waals surface area contributed by atoms with Crippen molar-refractivity contribution in [3.8, 4) is 11.1 Å². The van der Waals surface area contributed by atoms with Gasteiger partial charge in [-0.05, 0) is 63.6 Å². The van der Waals surface area contributed by atoms with Crippen LogP contribution in [0.25, 0.3) is 11.1 Å². The second kappa shape index (κ2) is 12.2. The molecule has 0 saturated heterocycles. The number of alkyl halides is 2. The van der Waals surface area contributed by atoms with Crippen LogP contribution in [0.4, 0.5) is 0 Å². The molecule has 0 aliphatic heterocycles. The Bertz CT molecular complexity index is 1270. The van der Waals surface area contributed by atoms with Crippen molar-refractivity contribution in [3.05, 3.63) is 150 Å². The maximum absolute atomic E-state index is 3.52. The molecule has 1 aliphatic rings. The van der Waals surface area contributed by atoms with Crippen LogP contribution < -0.4 is 15.9 Å². The molecule has 178 valence electrons. The number of halogens is 2. The van der Waals surface area contributed by atoms with Gasteiger partial charge in [-0.15, -0.1) is 0 Å². The minimum absolute atomic E-state index is 0.446. The zero-order valence-electron chi connectivity index (χ0n) is 19.9. The molecule has 0 heterocycles. The van der Waals surface area contributed by atoms with Crippen LogP contribution in [0, 0.1) is 0 Å². The Morgan fingerprint density at radius 3 is 1.17 bits per heavy atom. The van der Waals surface area contributed by atoms with Gasteiger partial charge < -0.3 is 0 Å². The van der Waals surface area contributed by atoms with E-state index in [2.05, 4.69) is 159 Å². The average Bonchev–Trinajstić information content (AvgIpc) is 3.32. The molecule has 0 N–H and O–H groups in total. The van der Waals surface area contributed by atoms with E-state index in [0.29, 0.717) is 0 Å². The van der Waals surface area contributed by atoms with Gasteiger partial charge in [0, 0.05) is 10.7 Å². The van der Waals surface area contributed by atoms with Crippen molar-refractivity contribution >= 4 is 55.7 Å². The fourth-order valence-corrected chi connectivity index (χ4v) is 7.66. The number of fused-ring (bicyclic) bond motifs is 3. The molecule has 0 spiro atoms. The van der Waals surface area contributed by atoms with Crippen LogP contribution in [0.3, 0.4) is 0 Å². The Morgan fingerprint density at radius 1 is 0.472 bits per heavy atom. The Morgan fingerprint density at radius 2 is 0.833 bits per heavy atom. The highest BCUT2D eigenvalue weighted by atomic mass is 79.9. The van der Waals surface area contributed by atoms with Gasteiger partial charge in [-0.3, -0.25) is 0 Å². The van der Waals surface area contributed by atoms with Crippen LogP contribution in [-0.4, -0.2) is 0 Å². The number of hydrogen-bond acceptors (Lipinski definition) is 0. The molecule has 36 heavy (non-hydrogen) atoms. The first kappa shape index (κ1) is 25.2. The van der Waals surface area contributed by atoms with Gasteiger partial charge in [-0.25, -0.2) is 0 Å². The number of hydrogen-bond donors (Lipinski definition) is 0. The van der Waals surface area contributed by atoms with E-state index in [1.54, 1.807) is 0 Å². The van der Waals surface area contributed by atoms with Gasteiger partial charge in [-0.2, -0.15) is 0 Å². The molecular weight excluding hydrogens is 587 g/mol. The molecular formula is C33H27Br2P. The van der Waals surface area contributed by atoms with E-state index in [1.807, 2.05) is 0 Å². The molecule has 1 aliphatic carbocycles. The topological polar surface area (TPSA) is 0 Å². The Hall–Kier alpha value is -2.51. The molecule has 0 saturated carbocycles. The largest absolute Gasteiger partial charge is 0.0876 e. The van der Waals surface area contributed by atoms with E-state index in [-0.39, 0.29) is 0 Å². The van der Waals surface area contributed by atoms with Crippen LogP contribution in [0.1, 0.15) is 22.3 Å². The molecule has 0 aromatic heterocycles. The molecule has 3 heteroatoms. The molecule has 0 atom stereocenters. The summed E-state index contributed by atoms with van der Waals surface area (Å²) in [5, 5.41) is 6.06. The Labute approximate surface area is 232 Å². The minimum Gasteiger partial charge on any atom is -0.0876 e. The fraction of sp³-hybridized carbons (Fsp3) is 0.0909. The SMILES string of the molecule is BrCc1ccc2c(c1)Cc1cc(CBr)ccc1-2.c1ccc(P(c2ccccc2)c2ccccc2)cc1. The number of rotatable bonds is 5. The highest BCUT2D eigenvalue weighted by Gasteiger charge is 2.18. The quantitative estimate of drug-likeness (QED) is 0.135. The standard InChI is InChI=1S/C18H15P.C15H12Br2/c1-4-10-16(11-5-1)19(17-12-6-2-7-13-17)18-14-8-3-9-15-18;16-8-10-1-3-14-12(5-10)7-13-6-11(9-17)2-4-15(13)14/h1-15H;1-6H,7-9H2. The van der Waals surface area contributed by atoms with Crippen molar-refractivity contribution in [2.24, 2.45) is 0 Å². The highest BCUT2D eigenvalue weighted by Crippen LogP contribution is 2.38. The maximum Gasteiger partial charge on any atom is 0.0283 e. The van der Waals surface area contributed by atoms with Crippen molar-refractivity contribution in [2.45, 2.75) is 17.1 Å². The third kappa shape index (κ3) is 5.73. The zero-order chi connectivity index (χ0) is 24.7. The minimum atomic E-state index is -0.446. The van der Waals surface area contributed by atoms with Gasteiger partial charge in [0.05, 0.1) is 0 Å². The van der Waals surface area contributed by atoms with Gasteiger partial charge in [0.2, 0.25) is 0 Å². The zero-order valence-corrected chi connectivity index (χ0v) is 24.0. The highest BCUT2D eigenvalue weighted by molar-refractivity contribution is 9.08. The van der Waals surface area contributed by atoms with Crippen LogP contribution >= 0.6 is 39.8 Å². The maximum atomic E-state index is 3.52. The summed E-state index contributed by atoms with van der Waals surface area (Å²) in [6.45, 7) is 0. The summed E-state index contributed by atoms with van der Waals surface area (Å²) < 4.78 is 0. The van der Waals surface area contributed by atoms with Crippen LogP contribution in [-0.2, 0) is 17.1 Å². The predicted octanol–water partition coefficient (Wildman–Crippen LogP) is 8.49. The van der Waals surface area contributed by atoms with Crippen molar-refractivity contribution in [3.63, 3.8) is 0 Å². The average molecular weight is 614 g/mol. The summed E-state index contributed by atoms with van der Waals surface area (Å²) in [5.41, 5.74) is 8.46. The summed E-state index contributed by atoms with van der Waals surface area (Å²) in [5.74, 6) is 0. The van der Waals surface area contributed by atoms with Gasteiger partial charge >= 0.3 is 0 Å². The summed E-state index contributed by atoms with van der Waals surface area (Å²) in [4.78, 5) is 0. The van der Waals surface area contributed by atoms with Crippen LogP contribution in [0.15, 0.2) is 127 Å². The second-order valence-electron chi connectivity index (χ2n) is 8.77. The molecule has 5 aromatic carbocycles. The monoisotopic (exact) mass is 612 g/mol. The van der Waals surface area contributed by atoms with Crippen molar-refractivity contribution in [2.75, 3.05) is 0 Å². The lowest BCUT2D eigenvalue weighted by atomic mass is 10.0. The second-order valence-corrected chi connectivity index (χ2v) is 12.1. The van der Waals surface area contributed by atoms with Gasteiger partial charge in [-0.1, -0.05) is 159 Å². The number of benzene rings is 5. The molecule has 0 radical (unpaired) electrons. The summed E-state index contributed by atoms with van der Waals surface area (Å²) >= 11 is 7.04. The van der Waals surface area contributed by atoms with Gasteiger partial charge in [0.1, 0.15) is 0 Å². The molecule has 0 amide bonds. The molecule has 0 nitrogen and oxygen atoms in total. The van der Waals surface area contributed by atoms with E-state index >= 15 is 0 Å². The first-order valence-electron chi connectivity index (χ1n) is 12.1. The van der Waals surface area contributed by atoms with Gasteiger partial charge in [0.15, 0.2) is 0 Å². The fourth-order valence-electron chi connectivity index (χ4n) is 4.66. The van der Waals surface area contributed by atoms with E-state index in [1.165, 1.54) is 49.3 Å². The third-order valence-electron chi connectivity index (χ3n) is 6.36. The lowest BCUT2D eigenvalue weighted by Crippen LogP contribution is -2.20. The van der Waals surface area contributed by atoms with E-state index in [0.717, 1.165) is 17.1 Å². The Balaban J connectivity index is 0.000000149. The lowest BCUT2D eigenvalue weighted by molar-refractivity contribution is 1.23. The first-order valence-corrected chi connectivity index (χ1v) is 15.7. The van der Waals surface area contributed by atoms with Crippen molar-refractivity contribution in [1.29, 1.82) is 0 Å². The van der Waals surface area contributed by atoms with Gasteiger partial charge in [0.25, 0.3) is 0 Å². The van der Waals surface area contributed by atoms with E-state index < -0.39 is 7.92 Å². The lowest BCUT2D eigenvalue weighted by Gasteiger charge is -2.18. The third-order valence-corrected chi connectivity index (χ3v) is 10.1. The summed E-state index contributed by atoms with van der Waals surface area (Å²) in [7, 11) is -0.446. The molecule has 0 fully saturated rings. The summed E-state index contributed by atoms with van der Waals surface area (Å²) in [6.07, 6.45) is 1.08. The normalized spacial score (nSPS) is 11.4. The predicted molar refractivity (Wildman–Crippen MR) is 165 cm³/mol. The Kier molecular flexibility index (Phi) is 8.49. The van der Waals surface area contributed by atoms with Crippen LogP contribution in [0.2, 0.25) is 0 Å². The van der Waals surface area contributed by atoms with E-state index in [4.69, 9.17) is 0 Å². The van der Waals surface area contributed by atoms with Crippen molar-refractivity contribution in [1.82, 2.24) is 0 Å². The van der Waals surface area contributed by atoms with Crippen molar-refractivity contribution < 1.29 is 0 Å². The smallest absolute Gasteiger partial charge is 0.0283 e.